The molecule has 2 aromatic carbocycles. The van der Waals surface area contributed by atoms with E-state index < -0.39 is 4.92 Å². The molecule has 3 rings (SSSR count). The quantitative estimate of drug-likeness (QED) is 0.644. The SMILES string of the molecule is CN1C(=O)C(Cc2ccccc2[N+](=O)[O-])Sc2ccccc21. The van der Waals surface area contributed by atoms with Crippen LogP contribution in [0.25, 0.3) is 0 Å². The fourth-order valence-electron chi connectivity index (χ4n) is 2.56. The van der Waals surface area contributed by atoms with Crippen LogP contribution in [0, 0.1) is 10.1 Å². The largest absolute Gasteiger partial charge is 0.313 e. The molecule has 0 radical (unpaired) electrons. The zero-order chi connectivity index (χ0) is 15.7. The van der Waals surface area contributed by atoms with Gasteiger partial charge in [0, 0.05) is 30.0 Å². The molecule has 0 fully saturated rings. The second kappa shape index (κ2) is 5.81. The van der Waals surface area contributed by atoms with Crippen LogP contribution in [-0.4, -0.2) is 23.1 Å². The van der Waals surface area contributed by atoms with E-state index in [4.69, 9.17) is 0 Å². The molecule has 0 bridgehead atoms. The highest BCUT2D eigenvalue weighted by Gasteiger charge is 2.32. The molecule has 0 saturated carbocycles. The van der Waals surface area contributed by atoms with Crippen molar-refractivity contribution < 1.29 is 9.72 Å². The van der Waals surface area contributed by atoms with Gasteiger partial charge in [-0.25, -0.2) is 0 Å². The van der Waals surface area contributed by atoms with Gasteiger partial charge in [-0.1, -0.05) is 30.3 Å². The van der Waals surface area contributed by atoms with Crippen LogP contribution in [0.3, 0.4) is 0 Å². The highest BCUT2D eigenvalue weighted by Crippen LogP contribution is 2.40. The Balaban J connectivity index is 1.91. The van der Waals surface area contributed by atoms with Crippen LogP contribution in [-0.2, 0) is 11.2 Å². The Hall–Kier alpha value is -2.34. The van der Waals surface area contributed by atoms with Gasteiger partial charge in [-0.3, -0.25) is 14.9 Å². The van der Waals surface area contributed by atoms with Crippen molar-refractivity contribution in [3.63, 3.8) is 0 Å². The maximum Gasteiger partial charge on any atom is 0.272 e. The summed E-state index contributed by atoms with van der Waals surface area (Å²) in [6.45, 7) is 0. The Morgan fingerprint density at radius 1 is 1.18 bits per heavy atom. The summed E-state index contributed by atoms with van der Waals surface area (Å²) >= 11 is 1.47. The summed E-state index contributed by atoms with van der Waals surface area (Å²) in [4.78, 5) is 25.9. The lowest BCUT2D eigenvalue weighted by atomic mass is 10.1. The first-order chi connectivity index (χ1) is 10.6. The number of carbonyl (C=O) groups is 1. The summed E-state index contributed by atoms with van der Waals surface area (Å²) in [5.41, 5.74) is 1.54. The van der Waals surface area contributed by atoms with E-state index in [2.05, 4.69) is 0 Å². The number of hydrogen-bond acceptors (Lipinski definition) is 4. The van der Waals surface area contributed by atoms with E-state index in [1.165, 1.54) is 17.8 Å². The van der Waals surface area contributed by atoms with E-state index in [0.29, 0.717) is 12.0 Å². The van der Waals surface area contributed by atoms with E-state index in [9.17, 15) is 14.9 Å². The van der Waals surface area contributed by atoms with Gasteiger partial charge >= 0.3 is 0 Å². The standard InChI is InChI=1S/C16H14N2O3S/c1-17-13-8-4-5-9-14(13)22-15(16(17)19)10-11-6-2-3-7-12(11)18(20)21/h2-9,15H,10H2,1H3. The first kappa shape index (κ1) is 14.6. The van der Waals surface area contributed by atoms with Gasteiger partial charge in [0.15, 0.2) is 0 Å². The second-order valence-corrected chi connectivity index (χ2v) is 6.31. The third kappa shape index (κ3) is 2.57. The Labute approximate surface area is 132 Å². The molecule has 0 spiro atoms. The molecule has 1 amide bonds. The molecule has 112 valence electrons. The lowest BCUT2D eigenvalue weighted by Gasteiger charge is -2.30. The van der Waals surface area contributed by atoms with Crippen molar-refractivity contribution >= 4 is 29.0 Å². The van der Waals surface area contributed by atoms with Crippen molar-refractivity contribution in [1.82, 2.24) is 0 Å². The van der Waals surface area contributed by atoms with E-state index in [0.717, 1.165) is 10.6 Å². The van der Waals surface area contributed by atoms with Crippen LogP contribution < -0.4 is 4.90 Å². The first-order valence-corrected chi connectivity index (χ1v) is 7.71. The molecule has 1 unspecified atom stereocenters. The number of nitro groups is 1. The molecule has 2 aromatic rings. The first-order valence-electron chi connectivity index (χ1n) is 6.83. The Morgan fingerprint density at radius 3 is 2.64 bits per heavy atom. The lowest BCUT2D eigenvalue weighted by molar-refractivity contribution is -0.385. The maximum atomic E-state index is 12.5. The summed E-state index contributed by atoms with van der Waals surface area (Å²) in [5, 5.41) is 10.8. The van der Waals surface area contributed by atoms with Crippen molar-refractivity contribution in [2.75, 3.05) is 11.9 Å². The van der Waals surface area contributed by atoms with Gasteiger partial charge < -0.3 is 4.90 Å². The van der Waals surface area contributed by atoms with Crippen molar-refractivity contribution in [3.05, 3.63) is 64.2 Å². The number of para-hydroxylation sites is 2. The summed E-state index contributed by atoms with van der Waals surface area (Å²) in [6.07, 6.45) is 0.347. The molecule has 0 saturated heterocycles. The zero-order valence-corrected chi connectivity index (χ0v) is 12.7. The Bertz CT molecular complexity index is 748. The van der Waals surface area contributed by atoms with Crippen molar-refractivity contribution in [2.45, 2.75) is 16.6 Å². The Morgan fingerprint density at radius 2 is 1.86 bits per heavy atom. The number of hydrogen-bond donors (Lipinski definition) is 0. The van der Waals surface area contributed by atoms with Gasteiger partial charge in [0.1, 0.15) is 0 Å². The predicted molar refractivity (Wildman–Crippen MR) is 86.3 cm³/mol. The lowest BCUT2D eigenvalue weighted by Crippen LogP contribution is -2.39. The summed E-state index contributed by atoms with van der Waals surface area (Å²) < 4.78 is 0. The third-order valence-electron chi connectivity index (χ3n) is 3.70. The molecular formula is C16H14N2O3S. The molecule has 22 heavy (non-hydrogen) atoms. The second-order valence-electron chi connectivity index (χ2n) is 5.06. The number of nitro benzene ring substituents is 1. The molecule has 6 heteroatoms. The average Bonchev–Trinajstić information content (AvgIpc) is 2.52. The summed E-state index contributed by atoms with van der Waals surface area (Å²) in [6, 6.07) is 14.3. The van der Waals surface area contributed by atoms with Gasteiger partial charge in [-0.15, -0.1) is 11.8 Å². The maximum absolute atomic E-state index is 12.5. The molecule has 5 nitrogen and oxygen atoms in total. The van der Waals surface area contributed by atoms with Crippen LogP contribution in [0.4, 0.5) is 11.4 Å². The number of rotatable bonds is 3. The van der Waals surface area contributed by atoms with E-state index in [-0.39, 0.29) is 16.8 Å². The number of nitrogens with zero attached hydrogens (tertiary/aromatic N) is 2. The molecule has 1 aliphatic heterocycles. The van der Waals surface area contributed by atoms with Gasteiger partial charge in [0.25, 0.3) is 5.69 Å². The van der Waals surface area contributed by atoms with Crippen LogP contribution in [0.15, 0.2) is 53.4 Å². The van der Waals surface area contributed by atoms with E-state index in [1.54, 1.807) is 30.1 Å². The highest BCUT2D eigenvalue weighted by molar-refractivity contribution is 8.01. The minimum absolute atomic E-state index is 0.0261. The van der Waals surface area contributed by atoms with Crippen LogP contribution in [0.2, 0.25) is 0 Å². The predicted octanol–water partition coefficient (Wildman–Crippen LogP) is 3.27. The molecule has 0 aromatic heterocycles. The number of benzene rings is 2. The number of fused-ring (bicyclic) bond motifs is 1. The van der Waals surface area contributed by atoms with E-state index in [1.807, 2.05) is 24.3 Å². The van der Waals surface area contributed by atoms with Crippen LogP contribution >= 0.6 is 11.8 Å². The number of carbonyl (C=O) groups excluding carboxylic acids is 1. The molecule has 0 N–H and O–H groups in total. The fraction of sp³-hybridized carbons (Fsp3) is 0.188. The minimum atomic E-state index is -0.398. The molecule has 1 aliphatic rings. The van der Waals surface area contributed by atoms with Gasteiger partial charge in [-0.05, 0) is 12.1 Å². The van der Waals surface area contributed by atoms with Crippen molar-refractivity contribution in [3.8, 4) is 0 Å². The fourth-order valence-corrected chi connectivity index (χ4v) is 3.87. The van der Waals surface area contributed by atoms with Crippen molar-refractivity contribution in [2.24, 2.45) is 0 Å². The van der Waals surface area contributed by atoms with Gasteiger partial charge in [0.2, 0.25) is 5.91 Å². The van der Waals surface area contributed by atoms with Gasteiger partial charge in [-0.2, -0.15) is 0 Å². The number of thioether (sulfide) groups is 1. The smallest absolute Gasteiger partial charge is 0.272 e. The summed E-state index contributed by atoms with van der Waals surface area (Å²) in [7, 11) is 1.74. The van der Waals surface area contributed by atoms with Gasteiger partial charge in [0.05, 0.1) is 15.9 Å². The average molecular weight is 314 g/mol. The molecule has 1 atom stereocenters. The normalized spacial score (nSPS) is 17.2. The monoisotopic (exact) mass is 314 g/mol. The van der Waals surface area contributed by atoms with E-state index >= 15 is 0 Å². The zero-order valence-electron chi connectivity index (χ0n) is 11.9. The van der Waals surface area contributed by atoms with Crippen molar-refractivity contribution in [1.29, 1.82) is 0 Å². The van der Waals surface area contributed by atoms with Crippen LogP contribution in [0.5, 0.6) is 0 Å². The molecule has 1 heterocycles. The highest BCUT2D eigenvalue weighted by atomic mass is 32.2. The number of amides is 1. The number of anilines is 1. The minimum Gasteiger partial charge on any atom is -0.313 e. The molecule has 0 aliphatic carbocycles. The third-order valence-corrected chi connectivity index (χ3v) is 4.95. The molecular weight excluding hydrogens is 300 g/mol. The summed E-state index contributed by atoms with van der Waals surface area (Å²) in [5.74, 6) is -0.0261. The topological polar surface area (TPSA) is 63.5 Å². The van der Waals surface area contributed by atoms with Crippen LogP contribution in [0.1, 0.15) is 5.56 Å². The Kier molecular flexibility index (Phi) is 3.85.